The van der Waals surface area contributed by atoms with E-state index >= 15 is 0 Å². The molecule has 0 bridgehead atoms. The maximum absolute atomic E-state index is 12.3. The summed E-state index contributed by atoms with van der Waals surface area (Å²) in [6.45, 7) is 3.80. The van der Waals surface area contributed by atoms with Crippen molar-refractivity contribution >= 4 is 34.5 Å². The number of rotatable bonds is 5. The van der Waals surface area contributed by atoms with Crippen LogP contribution >= 0.6 is 11.3 Å². The number of allylic oxidation sites excluding steroid dienone is 1. The van der Waals surface area contributed by atoms with E-state index < -0.39 is 0 Å². The average Bonchev–Trinajstić information content (AvgIpc) is 3.15. The van der Waals surface area contributed by atoms with Crippen molar-refractivity contribution in [2.75, 3.05) is 0 Å². The number of benzene rings is 2. The Balaban J connectivity index is 1.83. The molecule has 1 heterocycles. The predicted octanol–water partition coefficient (Wildman–Crippen LogP) is 5.11. The van der Waals surface area contributed by atoms with Crippen LogP contribution < -0.4 is 0 Å². The molecule has 130 valence electrons. The van der Waals surface area contributed by atoms with Crippen molar-refractivity contribution in [3.8, 4) is 5.75 Å². The first-order valence-corrected chi connectivity index (χ1v) is 8.97. The number of carbonyl (C=O) groups excluding carboxylic acids is 1. The normalized spacial score (nSPS) is 11.5. The highest BCUT2D eigenvalue weighted by Gasteiger charge is 2.06. The third kappa shape index (κ3) is 4.32. The molecule has 2 aromatic carbocycles. The molecule has 0 unspecified atom stereocenters. The van der Waals surface area contributed by atoms with E-state index in [1.54, 1.807) is 24.6 Å². The van der Waals surface area contributed by atoms with Crippen molar-refractivity contribution in [1.82, 2.24) is 4.98 Å². The lowest BCUT2D eigenvalue weighted by Gasteiger charge is -2.05. The van der Waals surface area contributed by atoms with E-state index in [1.807, 2.05) is 49.6 Å². The molecule has 0 fully saturated rings. The van der Waals surface area contributed by atoms with Crippen LogP contribution in [0.5, 0.6) is 5.75 Å². The summed E-state index contributed by atoms with van der Waals surface area (Å²) in [5.41, 5.74) is 3.89. The number of phenols is 1. The number of phenolic OH excluding ortho intramolecular Hbond substituents is 1. The van der Waals surface area contributed by atoms with E-state index in [0.717, 1.165) is 16.7 Å². The summed E-state index contributed by atoms with van der Waals surface area (Å²) >= 11 is 1.42. The summed E-state index contributed by atoms with van der Waals surface area (Å²) in [5, 5.41) is 12.7. The van der Waals surface area contributed by atoms with E-state index in [9.17, 15) is 9.90 Å². The van der Waals surface area contributed by atoms with Gasteiger partial charge in [-0.25, -0.2) is 9.98 Å². The number of ketones is 1. The molecular weight excluding hydrogens is 344 g/mol. The molecule has 3 rings (SSSR count). The molecule has 1 aromatic heterocycles. The number of aryl methyl sites for hydroxylation is 2. The zero-order chi connectivity index (χ0) is 18.5. The van der Waals surface area contributed by atoms with Gasteiger partial charge in [0.2, 0.25) is 5.13 Å². The molecule has 0 aliphatic carbocycles. The second kappa shape index (κ2) is 7.89. The number of aliphatic imine (C=N–C) groups is 1. The zero-order valence-electron chi connectivity index (χ0n) is 14.5. The zero-order valence-corrected chi connectivity index (χ0v) is 15.3. The fourth-order valence-electron chi connectivity index (χ4n) is 2.42. The second-order valence-electron chi connectivity index (χ2n) is 5.91. The quantitative estimate of drug-likeness (QED) is 0.390. The highest BCUT2D eigenvalue weighted by Crippen LogP contribution is 2.24. The first-order valence-electron chi connectivity index (χ1n) is 8.09. The number of thiazole rings is 1. The van der Waals surface area contributed by atoms with Crippen LogP contribution in [0.4, 0.5) is 5.13 Å². The molecule has 0 atom stereocenters. The lowest BCUT2D eigenvalue weighted by atomic mass is 10.0. The van der Waals surface area contributed by atoms with E-state index in [4.69, 9.17) is 0 Å². The molecule has 0 saturated heterocycles. The summed E-state index contributed by atoms with van der Waals surface area (Å²) in [7, 11) is 0. The van der Waals surface area contributed by atoms with Crippen LogP contribution in [0.25, 0.3) is 6.08 Å². The van der Waals surface area contributed by atoms with Gasteiger partial charge >= 0.3 is 0 Å². The third-order valence-electron chi connectivity index (χ3n) is 3.85. The highest BCUT2D eigenvalue weighted by atomic mass is 32.1. The Morgan fingerprint density at radius 3 is 2.65 bits per heavy atom. The fraction of sp³-hybridized carbons (Fsp3) is 0.0952. The van der Waals surface area contributed by atoms with Crippen LogP contribution in [0, 0.1) is 13.8 Å². The standard InChI is InChI=1S/C21H18N2O2S/c1-14-3-6-17(7-4-14)19(24)8-5-16-11-15(2)20(25)18(12-16)13-23-21-22-9-10-26-21/h3-13,25H,1-2H3/b8-5+,23-13?. The average molecular weight is 362 g/mol. The Hall–Kier alpha value is -3.05. The minimum Gasteiger partial charge on any atom is -0.507 e. The number of hydrogen-bond acceptors (Lipinski definition) is 5. The van der Waals surface area contributed by atoms with Gasteiger partial charge in [0.15, 0.2) is 5.78 Å². The minimum atomic E-state index is -0.0614. The van der Waals surface area contributed by atoms with Gasteiger partial charge < -0.3 is 5.11 Å². The van der Waals surface area contributed by atoms with E-state index in [0.29, 0.717) is 16.3 Å². The smallest absolute Gasteiger partial charge is 0.209 e. The number of aromatic hydroxyl groups is 1. The molecule has 0 amide bonds. The maximum Gasteiger partial charge on any atom is 0.209 e. The van der Waals surface area contributed by atoms with Crippen LogP contribution in [-0.4, -0.2) is 22.1 Å². The number of carbonyl (C=O) groups is 1. The fourth-order valence-corrected chi connectivity index (χ4v) is 2.90. The summed E-state index contributed by atoms with van der Waals surface area (Å²) in [5.74, 6) is 0.112. The van der Waals surface area contributed by atoms with Crippen LogP contribution in [0.15, 0.2) is 59.0 Å². The largest absolute Gasteiger partial charge is 0.507 e. The summed E-state index contributed by atoms with van der Waals surface area (Å²) in [4.78, 5) is 20.6. The molecule has 0 saturated carbocycles. The van der Waals surface area contributed by atoms with Gasteiger partial charge in [-0.3, -0.25) is 4.79 Å². The Morgan fingerprint density at radius 2 is 1.96 bits per heavy atom. The molecule has 4 nitrogen and oxygen atoms in total. The van der Waals surface area contributed by atoms with Crippen molar-refractivity contribution in [3.63, 3.8) is 0 Å². The first kappa shape index (κ1) is 17.8. The summed E-state index contributed by atoms with van der Waals surface area (Å²) < 4.78 is 0. The lowest BCUT2D eigenvalue weighted by Crippen LogP contribution is -1.94. The van der Waals surface area contributed by atoms with E-state index in [1.165, 1.54) is 17.4 Å². The minimum absolute atomic E-state index is 0.0614. The van der Waals surface area contributed by atoms with Crippen molar-refractivity contribution in [3.05, 3.63) is 81.9 Å². The van der Waals surface area contributed by atoms with Crippen LogP contribution in [-0.2, 0) is 0 Å². The van der Waals surface area contributed by atoms with Gasteiger partial charge in [-0.05, 0) is 43.2 Å². The Labute approximate surface area is 156 Å². The lowest BCUT2D eigenvalue weighted by molar-refractivity contribution is 0.104. The van der Waals surface area contributed by atoms with Crippen LogP contribution in [0.3, 0.4) is 0 Å². The van der Waals surface area contributed by atoms with Crippen molar-refractivity contribution in [2.45, 2.75) is 13.8 Å². The molecule has 0 radical (unpaired) electrons. The maximum atomic E-state index is 12.3. The van der Waals surface area contributed by atoms with Gasteiger partial charge in [-0.1, -0.05) is 35.9 Å². The molecular formula is C21H18N2O2S. The summed E-state index contributed by atoms with van der Waals surface area (Å²) in [6.07, 6.45) is 6.55. The Kier molecular flexibility index (Phi) is 5.39. The van der Waals surface area contributed by atoms with Gasteiger partial charge in [0.1, 0.15) is 5.75 Å². The SMILES string of the molecule is Cc1ccc(C(=O)/C=C/c2cc(C)c(O)c(C=Nc3nccs3)c2)cc1. The molecule has 1 N–H and O–H groups in total. The Morgan fingerprint density at radius 1 is 1.19 bits per heavy atom. The first-order chi connectivity index (χ1) is 12.5. The van der Waals surface area contributed by atoms with Gasteiger partial charge in [0.25, 0.3) is 0 Å². The number of hydrogen-bond donors (Lipinski definition) is 1. The molecule has 5 heteroatoms. The van der Waals surface area contributed by atoms with Crippen molar-refractivity contribution < 1.29 is 9.90 Å². The van der Waals surface area contributed by atoms with Gasteiger partial charge in [0.05, 0.1) is 0 Å². The molecule has 0 spiro atoms. The molecule has 0 aliphatic rings. The molecule has 0 aliphatic heterocycles. The van der Waals surface area contributed by atoms with E-state index in [2.05, 4.69) is 9.98 Å². The second-order valence-corrected chi connectivity index (χ2v) is 6.79. The third-order valence-corrected chi connectivity index (χ3v) is 4.53. The molecule has 26 heavy (non-hydrogen) atoms. The van der Waals surface area contributed by atoms with Gasteiger partial charge in [-0.2, -0.15) is 0 Å². The van der Waals surface area contributed by atoms with Crippen molar-refractivity contribution in [2.24, 2.45) is 4.99 Å². The summed E-state index contributed by atoms with van der Waals surface area (Å²) in [6, 6.07) is 11.1. The monoisotopic (exact) mass is 362 g/mol. The molecule has 3 aromatic rings. The van der Waals surface area contributed by atoms with Crippen LogP contribution in [0.2, 0.25) is 0 Å². The van der Waals surface area contributed by atoms with Gasteiger partial charge in [0, 0.05) is 28.9 Å². The Bertz CT molecular complexity index is 972. The van der Waals surface area contributed by atoms with Crippen molar-refractivity contribution in [1.29, 1.82) is 0 Å². The highest BCUT2D eigenvalue weighted by molar-refractivity contribution is 7.13. The topological polar surface area (TPSA) is 62.5 Å². The predicted molar refractivity (Wildman–Crippen MR) is 107 cm³/mol. The van der Waals surface area contributed by atoms with Gasteiger partial charge in [-0.15, -0.1) is 11.3 Å². The van der Waals surface area contributed by atoms with Crippen LogP contribution in [0.1, 0.15) is 32.6 Å². The number of nitrogens with zero attached hydrogens (tertiary/aromatic N) is 2. The van der Waals surface area contributed by atoms with E-state index in [-0.39, 0.29) is 11.5 Å². The number of aromatic nitrogens is 1.